The minimum Gasteiger partial charge on any atom is -0.311 e. The van der Waals surface area contributed by atoms with Crippen molar-refractivity contribution in [1.82, 2.24) is 0 Å². The van der Waals surface area contributed by atoms with E-state index in [9.17, 15) is 18.0 Å². The summed E-state index contributed by atoms with van der Waals surface area (Å²) in [5, 5.41) is 1.38. The number of hydrogen-bond donors (Lipinski definition) is 1. The summed E-state index contributed by atoms with van der Waals surface area (Å²) in [4.78, 5) is 12.3. The van der Waals surface area contributed by atoms with E-state index in [2.05, 4.69) is 0 Å². The normalized spacial score (nSPS) is 16.1. The Morgan fingerprint density at radius 1 is 1.47 bits per heavy atom. The zero-order chi connectivity index (χ0) is 11.9. The molecule has 0 saturated carbocycles. The maximum Gasteiger partial charge on any atom is 0.413 e. The lowest BCUT2D eigenvalue weighted by Gasteiger charge is -2.25. The number of nitrogens with two attached hydrogens (primary N) is 1. The molecule has 1 rings (SSSR count). The summed E-state index contributed by atoms with van der Waals surface area (Å²) in [5.74, 6) is -1.10. The SMILES string of the molecule is Cc1cc(C(=O)C(C)(N)C(F)(F)F)cs1. The molecule has 0 aliphatic rings. The van der Waals surface area contributed by atoms with Crippen LogP contribution in [0.25, 0.3) is 0 Å². The van der Waals surface area contributed by atoms with Crippen molar-refractivity contribution in [2.24, 2.45) is 5.73 Å². The van der Waals surface area contributed by atoms with Gasteiger partial charge in [-0.15, -0.1) is 11.3 Å². The molecule has 0 spiro atoms. The van der Waals surface area contributed by atoms with E-state index in [4.69, 9.17) is 5.73 Å². The van der Waals surface area contributed by atoms with Crippen LogP contribution in [0.15, 0.2) is 11.4 Å². The van der Waals surface area contributed by atoms with Crippen molar-refractivity contribution in [3.8, 4) is 0 Å². The summed E-state index contributed by atoms with van der Waals surface area (Å²) < 4.78 is 37.3. The molecule has 0 saturated heterocycles. The van der Waals surface area contributed by atoms with Crippen LogP contribution in [-0.4, -0.2) is 17.5 Å². The second kappa shape index (κ2) is 3.61. The molecule has 0 fully saturated rings. The smallest absolute Gasteiger partial charge is 0.311 e. The molecule has 15 heavy (non-hydrogen) atoms. The van der Waals surface area contributed by atoms with Crippen molar-refractivity contribution in [3.05, 3.63) is 21.9 Å². The Balaban J connectivity index is 3.05. The Hall–Kier alpha value is -0.880. The van der Waals surface area contributed by atoms with Gasteiger partial charge in [-0.25, -0.2) is 0 Å². The second-order valence-electron chi connectivity index (χ2n) is 3.48. The van der Waals surface area contributed by atoms with Crippen molar-refractivity contribution < 1.29 is 18.0 Å². The number of ketones is 1. The minimum absolute atomic E-state index is 0.0137. The predicted molar refractivity (Wildman–Crippen MR) is 52.0 cm³/mol. The number of thiophene rings is 1. The van der Waals surface area contributed by atoms with Gasteiger partial charge in [-0.3, -0.25) is 4.79 Å². The molecule has 0 aromatic carbocycles. The van der Waals surface area contributed by atoms with Gasteiger partial charge in [-0.1, -0.05) is 0 Å². The van der Waals surface area contributed by atoms with Gasteiger partial charge in [-0.05, 0) is 19.9 Å². The minimum atomic E-state index is -4.74. The van der Waals surface area contributed by atoms with E-state index in [1.165, 1.54) is 22.8 Å². The van der Waals surface area contributed by atoms with Gasteiger partial charge in [0.2, 0.25) is 0 Å². The molecule has 0 aliphatic heterocycles. The number of hydrogen-bond acceptors (Lipinski definition) is 3. The highest BCUT2D eigenvalue weighted by Crippen LogP contribution is 2.31. The Kier molecular flexibility index (Phi) is 2.93. The molecule has 1 atom stereocenters. The highest BCUT2D eigenvalue weighted by atomic mass is 32.1. The molecule has 0 amide bonds. The molecule has 2 N–H and O–H groups in total. The summed E-state index contributed by atoms with van der Waals surface area (Å²) in [7, 11) is 0. The van der Waals surface area contributed by atoms with Crippen LogP contribution >= 0.6 is 11.3 Å². The maximum atomic E-state index is 12.4. The fourth-order valence-corrected chi connectivity index (χ4v) is 1.67. The van der Waals surface area contributed by atoms with Crippen LogP contribution in [0, 0.1) is 6.92 Å². The molecule has 6 heteroatoms. The van der Waals surface area contributed by atoms with Crippen molar-refractivity contribution in [2.45, 2.75) is 25.6 Å². The lowest BCUT2D eigenvalue weighted by molar-refractivity contribution is -0.165. The largest absolute Gasteiger partial charge is 0.413 e. The van der Waals surface area contributed by atoms with E-state index in [-0.39, 0.29) is 5.56 Å². The zero-order valence-electron chi connectivity index (χ0n) is 8.18. The second-order valence-corrected chi connectivity index (χ2v) is 4.59. The summed E-state index contributed by atoms with van der Waals surface area (Å²) in [6, 6.07) is 1.41. The maximum absolute atomic E-state index is 12.4. The lowest BCUT2D eigenvalue weighted by Crippen LogP contribution is -2.57. The Bertz CT molecular complexity index is 381. The Morgan fingerprint density at radius 2 is 2.00 bits per heavy atom. The highest BCUT2D eigenvalue weighted by molar-refractivity contribution is 7.10. The van der Waals surface area contributed by atoms with E-state index in [0.29, 0.717) is 6.92 Å². The molecule has 0 aliphatic carbocycles. The number of rotatable bonds is 2. The number of halogens is 3. The van der Waals surface area contributed by atoms with Crippen LogP contribution in [-0.2, 0) is 0 Å². The highest BCUT2D eigenvalue weighted by Gasteiger charge is 2.53. The molecule has 0 radical (unpaired) electrons. The molecule has 1 heterocycles. The van der Waals surface area contributed by atoms with Gasteiger partial charge < -0.3 is 5.73 Å². The van der Waals surface area contributed by atoms with E-state index >= 15 is 0 Å². The van der Waals surface area contributed by atoms with E-state index in [1.54, 1.807) is 6.92 Å². The molecular formula is C9H10F3NOS. The van der Waals surface area contributed by atoms with Crippen molar-refractivity contribution in [3.63, 3.8) is 0 Å². The van der Waals surface area contributed by atoms with Gasteiger partial charge in [0.15, 0.2) is 11.3 Å². The fourth-order valence-electron chi connectivity index (χ4n) is 0.991. The molecule has 1 unspecified atom stereocenters. The van der Waals surface area contributed by atoms with Crippen LogP contribution in [0.1, 0.15) is 22.2 Å². The van der Waals surface area contributed by atoms with Crippen LogP contribution < -0.4 is 5.73 Å². The fraction of sp³-hybridized carbons (Fsp3) is 0.444. The van der Waals surface area contributed by atoms with Gasteiger partial charge in [0, 0.05) is 15.8 Å². The Morgan fingerprint density at radius 3 is 2.33 bits per heavy atom. The molecule has 0 bridgehead atoms. The van der Waals surface area contributed by atoms with Gasteiger partial charge in [0.1, 0.15) is 0 Å². The predicted octanol–water partition coefficient (Wildman–Crippen LogP) is 2.52. The van der Waals surface area contributed by atoms with Crippen LogP contribution in [0.4, 0.5) is 13.2 Å². The van der Waals surface area contributed by atoms with E-state index in [1.807, 2.05) is 0 Å². The number of Topliss-reactive ketones (excluding diaryl/α,β-unsaturated/α-hetero) is 1. The topological polar surface area (TPSA) is 43.1 Å². The number of alkyl halides is 3. The van der Waals surface area contributed by atoms with Crippen molar-refractivity contribution in [1.29, 1.82) is 0 Å². The van der Waals surface area contributed by atoms with E-state index < -0.39 is 17.5 Å². The monoisotopic (exact) mass is 237 g/mol. The van der Waals surface area contributed by atoms with Crippen LogP contribution in [0.3, 0.4) is 0 Å². The van der Waals surface area contributed by atoms with Gasteiger partial charge >= 0.3 is 6.18 Å². The standard InChI is InChI=1S/C9H10F3NOS/c1-5-3-6(4-15-5)7(14)8(2,13)9(10,11)12/h3-4H,13H2,1-2H3. The van der Waals surface area contributed by atoms with Crippen LogP contribution in [0.2, 0.25) is 0 Å². The van der Waals surface area contributed by atoms with Crippen molar-refractivity contribution >= 4 is 17.1 Å². The first-order valence-corrected chi connectivity index (χ1v) is 5.00. The van der Waals surface area contributed by atoms with Crippen LogP contribution in [0.5, 0.6) is 0 Å². The summed E-state index contributed by atoms with van der Waals surface area (Å²) in [6.07, 6.45) is -4.74. The summed E-state index contributed by atoms with van der Waals surface area (Å²) >= 11 is 1.22. The quantitative estimate of drug-likeness (QED) is 0.803. The van der Waals surface area contributed by atoms with Gasteiger partial charge in [0.25, 0.3) is 0 Å². The van der Waals surface area contributed by atoms with Crippen molar-refractivity contribution in [2.75, 3.05) is 0 Å². The molecule has 2 nitrogen and oxygen atoms in total. The third-order valence-electron chi connectivity index (χ3n) is 2.05. The summed E-state index contributed by atoms with van der Waals surface area (Å²) in [5.41, 5.74) is 2.20. The molecule has 84 valence electrons. The summed E-state index contributed by atoms with van der Waals surface area (Å²) in [6.45, 7) is 2.39. The Labute approximate surface area is 88.9 Å². The first kappa shape index (κ1) is 12.2. The van der Waals surface area contributed by atoms with Gasteiger partial charge in [-0.2, -0.15) is 13.2 Å². The average Bonchev–Trinajstić information content (AvgIpc) is 2.48. The lowest BCUT2D eigenvalue weighted by atomic mass is 9.93. The number of carbonyl (C=O) groups excluding carboxylic acids is 1. The first-order valence-electron chi connectivity index (χ1n) is 4.12. The van der Waals surface area contributed by atoms with Gasteiger partial charge in [0.05, 0.1) is 0 Å². The number of carbonyl (C=O) groups is 1. The first-order chi connectivity index (χ1) is 6.66. The average molecular weight is 237 g/mol. The zero-order valence-corrected chi connectivity index (χ0v) is 9.00. The third kappa shape index (κ3) is 2.21. The number of aryl methyl sites for hydroxylation is 1. The molecule has 1 aromatic heterocycles. The molecule has 1 aromatic rings. The molecular weight excluding hydrogens is 227 g/mol. The van der Waals surface area contributed by atoms with E-state index in [0.717, 1.165) is 4.88 Å². The third-order valence-corrected chi connectivity index (χ3v) is 2.91.